The normalized spacial score (nSPS) is 20.5. The van der Waals surface area contributed by atoms with E-state index in [1.807, 2.05) is 13.0 Å². The molecular formula is C21H19Cl2N3O3. The van der Waals surface area contributed by atoms with Crippen LogP contribution in [-0.2, 0) is 9.59 Å². The molecule has 0 bridgehead atoms. The molecular weight excluding hydrogens is 413 g/mol. The first kappa shape index (κ1) is 19.7. The second-order valence-corrected chi connectivity index (χ2v) is 8.10. The van der Waals surface area contributed by atoms with Gasteiger partial charge in [0.05, 0.1) is 27.0 Å². The number of rotatable bonds is 4. The Morgan fingerprint density at radius 1 is 1.14 bits per heavy atom. The zero-order chi connectivity index (χ0) is 20.8. The number of fused-ring (bicyclic) bond motifs is 3. The summed E-state index contributed by atoms with van der Waals surface area (Å²) in [7, 11) is 0. The van der Waals surface area contributed by atoms with Gasteiger partial charge in [0.25, 0.3) is 5.91 Å². The number of carbonyl (C=O) groups is 3. The maximum absolute atomic E-state index is 13.2. The minimum Gasteiger partial charge on any atom is -0.325 e. The SMILES string of the molecule is CC12CCC(=O)N1c1ccccc1C(=O)N2CCC(=O)Nc1cccc(Cl)c1Cl. The van der Waals surface area contributed by atoms with E-state index in [1.54, 1.807) is 46.2 Å². The van der Waals surface area contributed by atoms with Crippen LogP contribution in [0.4, 0.5) is 11.4 Å². The van der Waals surface area contributed by atoms with Crippen LogP contribution in [-0.4, -0.2) is 34.8 Å². The van der Waals surface area contributed by atoms with E-state index in [4.69, 9.17) is 23.2 Å². The van der Waals surface area contributed by atoms with Crippen LogP contribution in [0.1, 0.15) is 36.5 Å². The summed E-state index contributed by atoms with van der Waals surface area (Å²) < 4.78 is 0. The third kappa shape index (κ3) is 3.26. The Hall–Kier alpha value is -2.57. The van der Waals surface area contributed by atoms with Crippen LogP contribution in [0.2, 0.25) is 10.0 Å². The molecule has 2 aromatic rings. The second kappa shape index (κ2) is 7.35. The summed E-state index contributed by atoms with van der Waals surface area (Å²) in [6.07, 6.45) is 0.945. The smallest absolute Gasteiger partial charge is 0.257 e. The summed E-state index contributed by atoms with van der Waals surface area (Å²) in [5.74, 6) is -0.490. The van der Waals surface area contributed by atoms with Gasteiger partial charge in [-0.25, -0.2) is 0 Å². The molecule has 1 fully saturated rings. The first-order valence-electron chi connectivity index (χ1n) is 9.31. The molecule has 1 saturated heterocycles. The molecule has 29 heavy (non-hydrogen) atoms. The van der Waals surface area contributed by atoms with Crippen molar-refractivity contribution in [1.29, 1.82) is 0 Å². The highest BCUT2D eigenvalue weighted by molar-refractivity contribution is 6.44. The van der Waals surface area contributed by atoms with Crippen molar-refractivity contribution in [2.45, 2.75) is 31.8 Å². The number of anilines is 2. The van der Waals surface area contributed by atoms with Gasteiger partial charge in [-0.1, -0.05) is 41.4 Å². The fourth-order valence-electron chi connectivity index (χ4n) is 4.07. The molecule has 150 valence electrons. The molecule has 4 rings (SSSR count). The van der Waals surface area contributed by atoms with Gasteiger partial charge in [0, 0.05) is 19.4 Å². The van der Waals surface area contributed by atoms with Crippen LogP contribution in [0.3, 0.4) is 0 Å². The molecule has 2 aromatic carbocycles. The summed E-state index contributed by atoms with van der Waals surface area (Å²) in [5, 5.41) is 3.35. The molecule has 2 heterocycles. The van der Waals surface area contributed by atoms with Crippen molar-refractivity contribution in [3.05, 3.63) is 58.1 Å². The number of para-hydroxylation sites is 1. The minimum atomic E-state index is -0.781. The van der Waals surface area contributed by atoms with Crippen molar-refractivity contribution in [2.75, 3.05) is 16.8 Å². The number of nitrogens with zero attached hydrogens (tertiary/aromatic N) is 2. The summed E-state index contributed by atoms with van der Waals surface area (Å²) in [6, 6.07) is 12.1. The van der Waals surface area contributed by atoms with E-state index in [2.05, 4.69) is 5.32 Å². The molecule has 3 amide bonds. The van der Waals surface area contributed by atoms with Crippen molar-refractivity contribution < 1.29 is 14.4 Å². The van der Waals surface area contributed by atoms with Crippen LogP contribution in [0.25, 0.3) is 0 Å². The highest BCUT2D eigenvalue weighted by atomic mass is 35.5. The number of hydrogen-bond acceptors (Lipinski definition) is 3. The van der Waals surface area contributed by atoms with E-state index in [1.165, 1.54) is 0 Å². The van der Waals surface area contributed by atoms with E-state index in [0.717, 1.165) is 0 Å². The molecule has 1 unspecified atom stereocenters. The van der Waals surface area contributed by atoms with E-state index in [9.17, 15) is 14.4 Å². The highest BCUT2D eigenvalue weighted by Gasteiger charge is 2.52. The molecule has 0 aromatic heterocycles. The van der Waals surface area contributed by atoms with E-state index in [-0.39, 0.29) is 35.7 Å². The monoisotopic (exact) mass is 431 g/mol. The lowest BCUT2D eigenvalue weighted by Gasteiger charge is -2.48. The number of hydrogen-bond donors (Lipinski definition) is 1. The Morgan fingerprint density at radius 3 is 2.69 bits per heavy atom. The zero-order valence-corrected chi connectivity index (χ0v) is 17.3. The average molecular weight is 432 g/mol. The van der Waals surface area contributed by atoms with Crippen molar-refractivity contribution in [3.63, 3.8) is 0 Å². The Bertz CT molecular complexity index is 1030. The summed E-state index contributed by atoms with van der Waals surface area (Å²) in [6.45, 7) is 2.05. The van der Waals surface area contributed by atoms with Gasteiger partial charge in [0.1, 0.15) is 5.66 Å². The molecule has 2 aliphatic heterocycles. The molecule has 0 saturated carbocycles. The number of nitrogens with one attached hydrogen (secondary N) is 1. The molecule has 0 radical (unpaired) electrons. The highest BCUT2D eigenvalue weighted by Crippen LogP contribution is 2.44. The maximum Gasteiger partial charge on any atom is 0.257 e. The van der Waals surface area contributed by atoms with Gasteiger partial charge in [0.15, 0.2) is 0 Å². The molecule has 1 atom stereocenters. The molecule has 1 N–H and O–H groups in total. The largest absolute Gasteiger partial charge is 0.325 e. The molecule has 6 nitrogen and oxygen atoms in total. The van der Waals surface area contributed by atoms with E-state index < -0.39 is 5.66 Å². The summed E-state index contributed by atoms with van der Waals surface area (Å²) in [4.78, 5) is 41.5. The van der Waals surface area contributed by atoms with Crippen molar-refractivity contribution >= 4 is 52.3 Å². The maximum atomic E-state index is 13.2. The van der Waals surface area contributed by atoms with E-state index >= 15 is 0 Å². The first-order valence-corrected chi connectivity index (χ1v) is 10.1. The Kier molecular flexibility index (Phi) is 5.00. The Morgan fingerprint density at radius 2 is 1.90 bits per heavy atom. The minimum absolute atomic E-state index is 0.0207. The predicted octanol–water partition coefficient (Wildman–Crippen LogP) is 4.32. The van der Waals surface area contributed by atoms with Gasteiger partial charge in [-0.15, -0.1) is 0 Å². The number of benzene rings is 2. The van der Waals surface area contributed by atoms with Crippen molar-refractivity contribution in [3.8, 4) is 0 Å². The van der Waals surface area contributed by atoms with Gasteiger partial charge in [-0.05, 0) is 37.6 Å². The lowest BCUT2D eigenvalue weighted by molar-refractivity contribution is -0.117. The molecule has 8 heteroatoms. The molecule has 0 spiro atoms. The van der Waals surface area contributed by atoms with Gasteiger partial charge in [-0.3, -0.25) is 19.3 Å². The fourth-order valence-corrected chi connectivity index (χ4v) is 4.42. The lowest BCUT2D eigenvalue weighted by atomic mass is 9.98. The second-order valence-electron chi connectivity index (χ2n) is 7.32. The third-order valence-electron chi connectivity index (χ3n) is 5.53. The zero-order valence-electron chi connectivity index (χ0n) is 15.7. The standard InChI is InChI=1S/C21H19Cl2N3O3/c1-21-11-9-18(28)26(21)16-8-3-2-5-13(16)20(29)25(21)12-10-17(27)24-15-7-4-6-14(22)19(15)23/h2-8H,9-12H2,1H3,(H,24,27). The van der Waals surface area contributed by atoms with Crippen LogP contribution in [0.15, 0.2) is 42.5 Å². The number of carbonyl (C=O) groups excluding carboxylic acids is 3. The van der Waals surface area contributed by atoms with E-state index in [0.29, 0.717) is 34.8 Å². The average Bonchev–Trinajstić information content (AvgIpc) is 3.01. The number of halogens is 2. The van der Waals surface area contributed by atoms with Gasteiger partial charge in [-0.2, -0.15) is 0 Å². The van der Waals surface area contributed by atoms with Gasteiger partial charge < -0.3 is 10.2 Å². The van der Waals surface area contributed by atoms with Crippen LogP contribution < -0.4 is 10.2 Å². The number of amides is 3. The first-order chi connectivity index (χ1) is 13.8. The van der Waals surface area contributed by atoms with Crippen LogP contribution in [0.5, 0.6) is 0 Å². The summed E-state index contributed by atoms with van der Waals surface area (Å²) >= 11 is 12.1. The van der Waals surface area contributed by atoms with Gasteiger partial charge >= 0.3 is 0 Å². The van der Waals surface area contributed by atoms with Crippen molar-refractivity contribution in [1.82, 2.24) is 4.90 Å². The van der Waals surface area contributed by atoms with Crippen LogP contribution in [0, 0.1) is 0 Å². The fraction of sp³-hybridized carbons (Fsp3) is 0.286. The molecule has 2 aliphatic rings. The third-order valence-corrected chi connectivity index (χ3v) is 6.35. The topological polar surface area (TPSA) is 69.7 Å². The van der Waals surface area contributed by atoms with Crippen molar-refractivity contribution in [2.24, 2.45) is 0 Å². The van der Waals surface area contributed by atoms with Crippen LogP contribution >= 0.6 is 23.2 Å². The summed E-state index contributed by atoms with van der Waals surface area (Å²) in [5.41, 5.74) is 0.743. The van der Waals surface area contributed by atoms with Gasteiger partial charge in [0.2, 0.25) is 11.8 Å². The lowest BCUT2D eigenvalue weighted by Crippen LogP contribution is -2.62. The Labute approximate surface area is 178 Å². The quantitative estimate of drug-likeness (QED) is 0.783. The predicted molar refractivity (Wildman–Crippen MR) is 112 cm³/mol. The molecule has 0 aliphatic carbocycles. The Balaban J connectivity index is 1.55.